The smallest absolute Gasteiger partial charge is 0.276 e. The van der Waals surface area contributed by atoms with E-state index in [2.05, 4.69) is 27.1 Å². The van der Waals surface area contributed by atoms with Crippen LogP contribution in [0.2, 0.25) is 0 Å². The second-order valence-corrected chi connectivity index (χ2v) is 4.54. The first-order chi connectivity index (χ1) is 9.19. The summed E-state index contributed by atoms with van der Waals surface area (Å²) in [5, 5.41) is 5.13. The van der Waals surface area contributed by atoms with Crippen LogP contribution in [0.1, 0.15) is 21.7 Å². The Labute approximate surface area is 114 Å². The van der Waals surface area contributed by atoms with Crippen molar-refractivity contribution in [3.63, 3.8) is 0 Å². The number of rotatable bonds is 2. The highest BCUT2D eigenvalue weighted by Gasteiger charge is 2.09. The summed E-state index contributed by atoms with van der Waals surface area (Å²) in [4.78, 5) is 20.1. The largest absolute Gasteiger partial charge is 0.320 e. The van der Waals surface area contributed by atoms with Gasteiger partial charge in [0.25, 0.3) is 5.91 Å². The van der Waals surface area contributed by atoms with Crippen molar-refractivity contribution in [2.24, 2.45) is 5.73 Å². The average molecular weight is 272 g/mol. The van der Waals surface area contributed by atoms with Crippen LogP contribution in [-0.2, 0) is 0 Å². The first kappa shape index (κ1) is 13.2. The van der Waals surface area contributed by atoms with Crippen molar-refractivity contribution in [2.75, 3.05) is 11.9 Å². The lowest BCUT2D eigenvalue weighted by atomic mass is 10.2. The van der Waals surface area contributed by atoms with Crippen molar-refractivity contribution < 1.29 is 4.79 Å². The molecule has 2 aromatic rings. The molecule has 2 heterocycles. The lowest BCUT2D eigenvalue weighted by Crippen LogP contribution is -2.13. The van der Waals surface area contributed by atoms with Crippen molar-refractivity contribution in [3.8, 4) is 11.8 Å². The summed E-state index contributed by atoms with van der Waals surface area (Å²) >= 11 is 1.38. The zero-order valence-corrected chi connectivity index (χ0v) is 11.1. The molecule has 0 aliphatic carbocycles. The van der Waals surface area contributed by atoms with Gasteiger partial charge in [-0.2, -0.15) is 0 Å². The van der Waals surface area contributed by atoms with E-state index in [4.69, 9.17) is 5.73 Å². The van der Waals surface area contributed by atoms with Crippen LogP contribution in [0, 0.1) is 18.8 Å². The minimum absolute atomic E-state index is 0.285. The number of aryl methyl sites for hydroxylation is 1. The molecule has 0 atom stereocenters. The van der Waals surface area contributed by atoms with Crippen LogP contribution in [0.3, 0.4) is 0 Å². The lowest BCUT2D eigenvalue weighted by molar-refractivity contribution is 0.102. The molecule has 2 rings (SSSR count). The number of aromatic nitrogens is 2. The van der Waals surface area contributed by atoms with Crippen LogP contribution in [0.25, 0.3) is 0 Å². The van der Waals surface area contributed by atoms with Crippen LogP contribution < -0.4 is 11.1 Å². The summed E-state index contributed by atoms with van der Waals surface area (Å²) in [5.74, 6) is 5.28. The summed E-state index contributed by atoms with van der Waals surface area (Å²) in [6.07, 6.45) is 1.55. The number of hydrogen-bond acceptors (Lipinski definition) is 5. The normalized spacial score (nSPS) is 9.58. The van der Waals surface area contributed by atoms with Gasteiger partial charge in [0.1, 0.15) is 5.69 Å². The van der Waals surface area contributed by atoms with E-state index in [1.165, 1.54) is 11.3 Å². The highest BCUT2D eigenvalue weighted by Crippen LogP contribution is 2.15. The molecule has 0 bridgehead atoms. The minimum Gasteiger partial charge on any atom is -0.320 e. The SMILES string of the molecule is Cc1csc(NC(=O)c2ccc(C#CCN)cn2)n1. The number of nitrogens with two attached hydrogens (primary N) is 1. The number of thiazole rings is 1. The van der Waals surface area contributed by atoms with E-state index >= 15 is 0 Å². The zero-order valence-electron chi connectivity index (χ0n) is 10.3. The predicted molar refractivity (Wildman–Crippen MR) is 75.0 cm³/mol. The van der Waals surface area contributed by atoms with E-state index < -0.39 is 0 Å². The summed E-state index contributed by atoms with van der Waals surface area (Å²) in [6.45, 7) is 2.17. The molecule has 0 unspecified atom stereocenters. The average Bonchev–Trinajstić information content (AvgIpc) is 2.82. The van der Waals surface area contributed by atoms with Gasteiger partial charge in [-0.15, -0.1) is 11.3 Å². The van der Waals surface area contributed by atoms with Crippen LogP contribution in [0.15, 0.2) is 23.7 Å². The van der Waals surface area contributed by atoms with Gasteiger partial charge in [-0.25, -0.2) is 9.97 Å². The van der Waals surface area contributed by atoms with Crippen molar-refractivity contribution in [1.82, 2.24) is 9.97 Å². The Morgan fingerprint density at radius 2 is 2.37 bits per heavy atom. The standard InChI is InChI=1S/C13H12N4OS/c1-9-8-19-13(16-9)17-12(18)11-5-4-10(7-15-11)3-2-6-14/h4-5,7-8H,6,14H2,1H3,(H,16,17,18). The fourth-order valence-corrected chi connectivity index (χ4v) is 2.01. The Morgan fingerprint density at radius 3 is 2.95 bits per heavy atom. The number of carbonyl (C=O) groups is 1. The van der Waals surface area contributed by atoms with E-state index in [-0.39, 0.29) is 5.91 Å². The molecule has 0 fully saturated rings. The Hall–Kier alpha value is -2.23. The molecule has 2 aromatic heterocycles. The molecule has 0 aromatic carbocycles. The number of nitrogens with zero attached hydrogens (tertiary/aromatic N) is 2. The van der Waals surface area contributed by atoms with Gasteiger partial charge in [0.05, 0.1) is 12.2 Å². The monoisotopic (exact) mass is 272 g/mol. The Kier molecular flexibility index (Phi) is 4.23. The summed E-state index contributed by atoms with van der Waals surface area (Å²) in [6, 6.07) is 3.36. The predicted octanol–water partition coefficient (Wildman–Crippen LogP) is 1.41. The van der Waals surface area contributed by atoms with Crippen molar-refractivity contribution >= 4 is 22.4 Å². The van der Waals surface area contributed by atoms with E-state index in [1.807, 2.05) is 12.3 Å². The highest BCUT2D eigenvalue weighted by molar-refractivity contribution is 7.13. The Morgan fingerprint density at radius 1 is 1.53 bits per heavy atom. The lowest BCUT2D eigenvalue weighted by Gasteiger charge is -2.00. The molecule has 19 heavy (non-hydrogen) atoms. The number of pyridine rings is 1. The quantitative estimate of drug-likeness (QED) is 0.810. The van der Waals surface area contributed by atoms with E-state index in [0.29, 0.717) is 17.4 Å². The summed E-state index contributed by atoms with van der Waals surface area (Å²) in [7, 11) is 0. The van der Waals surface area contributed by atoms with Crippen LogP contribution >= 0.6 is 11.3 Å². The molecule has 0 radical (unpaired) electrons. The van der Waals surface area contributed by atoms with Crippen molar-refractivity contribution in [1.29, 1.82) is 0 Å². The highest BCUT2D eigenvalue weighted by atomic mass is 32.1. The van der Waals surface area contributed by atoms with Gasteiger partial charge in [0, 0.05) is 17.1 Å². The van der Waals surface area contributed by atoms with Gasteiger partial charge in [-0.1, -0.05) is 11.8 Å². The van der Waals surface area contributed by atoms with Gasteiger partial charge in [-0.3, -0.25) is 10.1 Å². The molecular weight excluding hydrogens is 260 g/mol. The third-order valence-corrected chi connectivity index (χ3v) is 3.05. The number of hydrogen-bond donors (Lipinski definition) is 2. The maximum absolute atomic E-state index is 11.9. The zero-order chi connectivity index (χ0) is 13.7. The number of amides is 1. The second-order valence-electron chi connectivity index (χ2n) is 3.69. The van der Waals surface area contributed by atoms with Gasteiger partial charge in [0.15, 0.2) is 5.13 Å². The summed E-state index contributed by atoms with van der Waals surface area (Å²) in [5.41, 5.74) is 7.21. The molecule has 0 aliphatic rings. The van der Waals surface area contributed by atoms with Crippen molar-refractivity contribution in [2.45, 2.75) is 6.92 Å². The molecular formula is C13H12N4OS. The van der Waals surface area contributed by atoms with E-state index in [0.717, 1.165) is 11.3 Å². The fourth-order valence-electron chi connectivity index (χ4n) is 1.33. The third-order valence-electron chi connectivity index (χ3n) is 2.17. The second kappa shape index (κ2) is 6.09. The number of carbonyl (C=O) groups excluding carboxylic acids is 1. The van der Waals surface area contributed by atoms with Crippen LogP contribution in [0.4, 0.5) is 5.13 Å². The first-order valence-corrected chi connectivity index (χ1v) is 6.45. The molecule has 0 aliphatic heterocycles. The molecule has 0 saturated heterocycles. The molecule has 96 valence electrons. The van der Waals surface area contributed by atoms with Crippen LogP contribution in [-0.4, -0.2) is 22.4 Å². The number of anilines is 1. The van der Waals surface area contributed by atoms with Gasteiger partial charge in [0.2, 0.25) is 0 Å². The Balaban J connectivity index is 2.07. The third kappa shape index (κ3) is 3.61. The maximum atomic E-state index is 11.9. The van der Waals surface area contributed by atoms with Gasteiger partial charge < -0.3 is 5.73 Å². The molecule has 5 nitrogen and oxygen atoms in total. The van der Waals surface area contributed by atoms with Gasteiger partial charge in [-0.05, 0) is 19.1 Å². The van der Waals surface area contributed by atoms with Gasteiger partial charge >= 0.3 is 0 Å². The maximum Gasteiger partial charge on any atom is 0.276 e. The molecule has 6 heteroatoms. The van der Waals surface area contributed by atoms with E-state index in [1.54, 1.807) is 18.3 Å². The molecule has 3 N–H and O–H groups in total. The summed E-state index contributed by atoms with van der Waals surface area (Å²) < 4.78 is 0. The Bertz CT molecular complexity index is 637. The number of nitrogens with one attached hydrogen (secondary N) is 1. The fraction of sp³-hybridized carbons (Fsp3) is 0.154. The van der Waals surface area contributed by atoms with Crippen LogP contribution in [0.5, 0.6) is 0 Å². The molecule has 0 saturated carbocycles. The first-order valence-electron chi connectivity index (χ1n) is 5.57. The van der Waals surface area contributed by atoms with E-state index in [9.17, 15) is 4.79 Å². The molecule has 1 amide bonds. The minimum atomic E-state index is -0.285. The van der Waals surface area contributed by atoms with Crippen molar-refractivity contribution in [3.05, 3.63) is 40.7 Å². The topological polar surface area (TPSA) is 80.9 Å². The molecule has 0 spiro atoms.